The molecule has 5 heteroatoms. The molecule has 0 saturated heterocycles. The quantitative estimate of drug-likeness (QED) is 0.613. The summed E-state index contributed by atoms with van der Waals surface area (Å²) in [6, 6.07) is 12.0. The monoisotopic (exact) mass is 366 g/mol. The first kappa shape index (κ1) is 17.2. The molecule has 4 rings (SSSR count). The summed E-state index contributed by atoms with van der Waals surface area (Å²) in [7, 11) is 0. The molecule has 26 heavy (non-hydrogen) atoms. The van der Waals surface area contributed by atoms with Crippen molar-refractivity contribution in [3.8, 4) is 5.69 Å². The van der Waals surface area contributed by atoms with E-state index < -0.39 is 0 Å². The summed E-state index contributed by atoms with van der Waals surface area (Å²) in [5.74, 6) is 2.82. The van der Waals surface area contributed by atoms with Crippen LogP contribution in [0.2, 0.25) is 5.02 Å². The van der Waals surface area contributed by atoms with Crippen molar-refractivity contribution in [2.75, 3.05) is 0 Å². The SMILES string of the molecule is CC(Cc1nc(C2CCCC2)nn1-c1cccc(Cl)c1)c1ccncc1. The highest BCUT2D eigenvalue weighted by Crippen LogP contribution is 2.33. The summed E-state index contributed by atoms with van der Waals surface area (Å²) in [6.45, 7) is 2.22. The van der Waals surface area contributed by atoms with Crippen molar-refractivity contribution in [3.63, 3.8) is 0 Å². The van der Waals surface area contributed by atoms with Crippen LogP contribution in [0, 0.1) is 0 Å². The predicted molar refractivity (Wildman–Crippen MR) is 104 cm³/mol. The fourth-order valence-electron chi connectivity index (χ4n) is 3.75. The Labute approximate surface area is 159 Å². The molecule has 0 N–H and O–H groups in total. The summed E-state index contributed by atoms with van der Waals surface area (Å²) in [5.41, 5.74) is 2.24. The molecule has 0 amide bonds. The summed E-state index contributed by atoms with van der Waals surface area (Å²) in [5, 5.41) is 5.60. The van der Waals surface area contributed by atoms with Crippen LogP contribution in [0.3, 0.4) is 0 Å². The second-order valence-electron chi connectivity index (χ2n) is 7.15. The molecule has 1 aliphatic carbocycles. The zero-order chi connectivity index (χ0) is 17.9. The van der Waals surface area contributed by atoms with Gasteiger partial charge in [-0.15, -0.1) is 0 Å². The zero-order valence-corrected chi connectivity index (χ0v) is 15.7. The molecule has 1 saturated carbocycles. The van der Waals surface area contributed by atoms with Gasteiger partial charge in [0, 0.05) is 29.8 Å². The fraction of sp³-hybridized carbons (Fsp3) is 0.381. The van der Waals surface area contributed by atoms with Gasteiger partial charge >= 0.3 is 0 Å². The molecule has 1 unspecified atom stereocenters. The Morgan fingerprint density at radius 2 is 1.92 bits per heavy atom. The van der Waals surface area contributed by atoms with Gasteiger partial charge in [0.05, 0.1) is 5.69 Å². The number of aromatic nitrogens is 4. The normalized spacial score (nSPS) is 16.1. The highest BCUT2D eigenvalue weighted by atomic mass is 35.5. The lowest BCUT2D eigenvalue weighted by Gasteiger charge is -2.12. The van der Waals surface area contributed by atoms with Gasteiger partial charge in [-0.05, 0) is 54.7 Å². The van der Waals surface area contributed by atoms with Crippen LogP contribution in [0.5, 0.6) is 0 Å². The molecule has 0 bridgehead atoms. The molecule has 0 spiro atoms. The van der Waals surface area contributed by atoms with E-state index in [2.05, 4.69) is 24.0 Å². The highest BCUT2D eigenvalue weighted by molar-refractivity contribution is 6.30. The van der Waals surface area contributed by atoms with Crippen LogP contribution in [0.1, 0.15) is 61.7 Å². The van der Waals surface area contributed by atoms with Gasteiger partial charge in [-0.25, -0.2) is 9.67 Å². The topological polar surface area (TPSA) is 43.6 Å². The molecule has 1 aromatic carbocycles. The van der Waals surface area contributed by atoms with Gasteiger partial charge in [0.1, 0.15) is 5.82 Å². The summed E-state index contributed by atoms with van der Waals surface area (Å²) >= 11 is 6.21. The van der Waals surface area contributed by atoms with Crippen LogP contribution in [0.15, 0.2) is 48.8 Å². The van der Waals surface area contributed by atoms with Crippen molar-refractivity contribution in [3.05, 3.63) is 71.0 Å². The zero-order valence-electron chi connectivity index (χ0n) is 15.0. The first-order valence-corrected chi connectivity index (χ1v) is 9.70. The number of nitrogens with zero attached hydrogens (tertiary/aromatic N) is 4. The van der Waals surface area contributed by atoms with Gasteiger partial charge < -0.3 is 0 Å². The third-order valence-corrected chi connectivity index (χ3v) is 5.46. The minimum atomic E-state index is 0.344. The van der Waals surface area contributed by atoms with Gasteiger partial charge in [0.25, 0.3) is 0 Å². The molecule has 1 aliphatic rings. The summed E-state index contributed by atoms with van der Waals surface area (Å²) in [6.07, 6.45) is 9.46. The minimum absolute atomic E-state index is 0.344. The van der Waals surface area contributed by atoms with E-state index in [1.165, 1.54) is 31.2 Å². The van der Waals surface area contributed by atoms with Crippen molar-refractivity contribution in [1.29, 1.82) is 0 Å². The van der Waals surface area contributed by atoms with Gasteiger partial charge in [-0.1, -0.05) is 37.4 Å². The Balaban J connectivity index is 1.69. The van der Waals surface area contributed by atoms with Crippen LogP contribution in [-0.2, 0) is 6.42 Å². The van der Waals surface area contributed by atoms with Crippen LogP contribution in [-0.4, -0.2) is 19.7 Å². The Bertz CT molecular complexity index is 869. The lowest BCUT2D eigenvalue weighted by Crippen LogP contribution is -2.07. The van der Waals surface area contributed by atoms with E-state index in [0.29, 0.717) is 16.9 Å². The summed E-state index contributed by atoms with van der Waals surface area (Å²) < 4.78 is 1.98. The number of pyridine rings is 1. The molecule has 0 aliphatic heterocycles. The van der Waals surface area contributed by atoms with Crippen molar-refractivity contribution >= 4 is 11.6 Å². The molecule has 4 nitrogen and oxygen atoms in total. The lowest BCUT2D eigenvalue weighted by atomic mass is 9.98. The van der Waals surface area contributed by atoms with Crippen LogP contribution >= 0.6 is 11.6 Å². The number of rotatable bonds is 5. The third-order valence-electron chi connectivity index (χ3n) is 5.23. The van der Waals surface area contributed by atoms with E-state index in [1.54, 1.807) is 0 Å². The number of halogens is 1. The average molecular weight is 367 g/mol. The second-order valence-corrected chi connectivity index (χ2v) is 7.58. The maximum Gasteiger partial charge on any atom is 0.154 e. The Kier molecular flexibility index (Phi) is 5.02. The first-order chi connectivity index (χ1) is 12.7. The molecule has 2 aromatic heterocycles. The van der Waals surface area contributed by atoms with E-state index in [-0.39, 0.29) is 0 Å². The van der Waals surface area contributed by atoms with E-state index >= 15 is 0 Å². The van der Waals surface area contributed by atoms with E-state index in [0.717, 1.165) is 23.8 Å². The molecule has 2 heterocycles. The van der Waals surface area contributed by atoms with Gasteiger partial charge in [-0.2, -0.15) is 5.10 Å². The Morgan fingerprint density at radius 3 is 2.65 bits per heavy atom. The predicted octanol–water partition coefficient (Wildman–Crippen LogP) is 5.32. The van der Waals surface area contributed by atoms with Crippen molar-refractivity contribution in [2.45, 2.75) is 50.9 Å². The smallest absolute Gasteiger partial charge is 0.154 e. The first-order valence-electron chi connectivity index (χ1n) is 9.32. The number of hydrogen-bond acceptors (Lipinski definition) is 3. The third kappa shape index (κ3) is 3.65. The van der Waals surface area contributed by atoms with Crippen LogP contribution < -0.4 is 0 Å². The van der Waals surface area contributed by atoms with E-state index in [4.69, 9.17) is 21.7 Å². The minimum Gasteiger partial charge on any atom is -0.265 e. The maximum absolute atomic E-state index is 6.21. The Morgan fingerprint density at radius 1 is 1.15 bits per heavy atom. The van der Waals surface area contributed by atoms with Crippen molar-refractivity contribution in [2.24, 2.45) is 0 Å². The van der Waals surface area contributed by atoms with Crippen molar-refractivity contribution in [1.82, 2.24) is 19.7 Å². The molecular weight excluding hydrogens is 344 g/mol. The van der Waals surface area contributed by atoms with Crippen molar-refractivity contribution < 1.29 is 0 Å². The van der Waals surface area contributed by atoms with Gasteiger partial charge in [0.15, 0.2) is 5.82 Å². The maximum atomic E-state index is 6.21. The molecule has 134 valence electrons. The molecule has 0 radical (unpaired) electrons. The fourth-order valence-corrected chi connectivity index (χ4v) is 3.93. The molecular formula is C21H23ClN4. The molecule has 1 atom stereocenters. The number of hydrogen-bond donors (Lipinski definition) is 0. The van der Waals surface area contributed by atoms with E-state index in [9.17, 15) is 0 Å². The number of benzene rings is 1. The standard InChI is InChI=1S/C21H23ClN4/c1-15(16-9-11-23-12-10-16)13-20-24-21(17-5-2-3-6-17)25-26(20)19-8-4-7-18(22)14-19/h4,7-12,14-15,17H,2-3,5-6,13H2,1H3. The van der Waals surface area contributed by atoms with Gasteiger partial charge in [-0.3, -0.25) is 4.98 Å². The largest absolute Gasteiger partial charge is 0.265 e. The van der Waals surface area contributed by atoms with Crippen LogP contribution in [0.4, 0.5) is 0 Å². The van der Waals surface area contributed by atoms with Gasteiger partial charge in [0.2, 0.25) is 0 Å². The van der Waals surface area contributed by atoms with E-state index in [1.807, 2.05) is 41.3 Å². The summed E-state index contributed by atoms with van der Waals surface area (Å²) in [4.78, 5) is 9.08. The molecule has 1 fully saturated rings. The van der Waals surface area contributed by atoms with Crippen LogP contribution in [0.25, 0.3) is 5.69 Å². The Hall–Kier alpha value is -2.20. The molecule has 3 aromatic rings. The highest BCUT2D eigenvalue weighted by Gasteiger charge is 2.24. The second kappa shape index (κ2) is 7.58. The lowest BCUT2D eigenvalue weighted by molar-refractivity contribution is 0.661. The average Bonchev–Trinajstić information content (AvgIpc) is 3.32.